The summed E-state index contributed by atoms with van der Waals surface area (Å²) in [6.07, 6.45) is -0.746. The van der Waals surface area contributed by atoms with Crippen LogP contribution in [0.25, 0.3) is 22.1 Å². The number of rotatable bonds is 5. The van der Waals surface area contributed by atoms with E-state index in [1.54, 1.807) is 44.4 Å². The molecule has 0 amide bonds. The molecule has 0 aliphatic rings. The average molecular weight is 368 g/mol. The Morgan fingerprint density at radius 1 is 1.04 bits per heavy atom. The molecule has 0 saturated carbocycles. The summed E-state index contributed by atoms with van der Waals surface area (Å²) in [5.41, 5.74) is 2.01. The van der Waals surface area contributed by atoms with Crippen LogP contribution in [0.5, 0.6) is 11.5 Å². The molecule has 1 aromatic heterocycles. The predicted molar refractivity (Wildman–Crippen MR) is 101 cm³/mol. The highest BCUT2D eigenvalue weighted by Crippen LogP contribution is 2.30. The summed E-state index contributed by atoms with van der Waals surface area (Å²) in [6, 6.07) is 12.2. The average Bonchev–Trinajstić information content (AvgIpc) is 2.68. The van der Waals surface area contributed by atoms with E-state index in [1.807, 2.05) is 19.1 Å². The van der Waals surface area contributed by atoms with Gasteiger partial charge in [-0.2, -0.15) is 0 Å². The molecule has 0 aliphatic carbocycles. The number of benzene rings is 2. The molecule has 1 atom stereocenters. The van der Waals surface area contributed by atoms with Crippen molar-refractivity contribution in [3.8, 4) is 22.6 Å². The van der Waals surface area contributed by atoms with Gasteiger partial charge in [-0.15, -0.1) is 0 Å². The summed E-state index contributed by atoms with van der Waals surface area (Å²) in [6.45, 7) is 3.46. The third kappa shape index (κ3) is 3.65. The molecule has 3 aromatic rings. The molecule has 0 radical (unpaired) electrons. The van der Waals surface area contributed by atoms with Crippen molar-refractivity contribution in [3.05, 3.63) is 58.4 Å². The molecule has 0 aliphatic heterocycles. The lowest BCUT2D eigenvalue weighted by Crippen LogP contribution is -2.24. The summed E-state index contributed by atoms with van der Waals surface area (Å²) >= 11 is 0. The highest BCUT2D eigenvalue weighted by molar-refractivity contribution is 5.87. The minimum atomic E-state index is -0.746. The van der Waals surface area contributed by atoms with Gasteiger partial charge in [-0.05, 0) is 55.3 Å². The first-order valence-electron chi connectivity index (χ1n) is 8.41. The number of aryl methyl sites for hydroxylation is 1. The third-order valence-corrected chi connectivity index (χ3v) is 4.36. The van der Waals surface area contributed by atoms with Gasteiger partial charge in [-0.1, -0.05) is 12.1 Å². The van der Waals surface area contributed by atoms with Gasteiger partial charge in [0.25, 0.3) is 0 Å². The van der Waals surface area contributed by atoms with Gasteiger partial charge in [-0.25, -0.2) is 9.59 Å². The Labute approximate surface area is 156 Å². The number of fused-ring (bicyclic) bond motifs is 1. The van der Waals surface area contributed by atoms with Crippen molar-refractivity contribution < 1.29 is 23.4 Å². The van der Waals surface area contributed by atoms with Crippen LogP contribution >= 0.6 is 0 Å². The maximum absolute atomic E-state index is 12.5. The van der Waals surface area contributed by atoms with E-state index in [0.29, 0.717) is 22.6 Å². The van der Waals surface area contributed by atoms with Crippen molar-refractivity contribution in [2.24, 2.45) is 0 Å². The van der Waals surface area contributed by atoms with Gasteiger partial charge in [0.2, 0.25) is 0 Å². The standard InChI is InChI=1S/C21H20O6/c1-12-17-11-16(26-13(2)20(22)25-4)9-10-18(17)27-21(23)19(12)14-5-7-15(24-3)8-6-14/h5-11,13H,1-4H3. The molecular formula is C21H20O6. The number of hydrogen-bond acceptors (Lipinski definition) is 6. The van der Waals surface area contributed by atoms with Gasteiger partial charge < -0.3 is 18.6 Å². The Kier molecular flexibility index (Phi) is 5.16. The first kappa shape index (κ1) is 18.5. The molecule has 1 heterocycles. The summed E-state index contributed by atoms with van der Waals surface area (Å²) < 4.78 is 20.9. The van der Waals surface area contributed by atoms with Crippen molar-refractivity contribution in [1.29, 1.82) is 0 Å². The second kappa shape index (κ2) is 7.53. The summed E-state index contributed by atoms with van der Waals surface area (Å²) in [7, 11) is 2.89. The Morgan fingerprint density at radius 3 is 2.33 bits per heavy atom. The van der Waals surface area contributed by atoms with Crippen molar-refractivity contribution in [2.75, 3.05) is 14.2 Å². The van der Waals surface area contributed by atoms with E-state index in [0.717, 1.165) is 16.5 Å². The van der Waals surface area contributed by atoms with Crippen LogP contribution in [0.1, 0.15) is 12.5 Å². The van der Waals surface area contributed by atoms with Crippen LogP contribution in [0, 0.1) is 6.92 Å². The van der Waals surface area contributed by atoms with Crippen molar-refractivity contribution in [2.45, 2.75) is 20.0 Å². The van der Waals surface area contributed by atoms with Gasteiger partial charge >= 0.3 is 11.6 Å². The number of carbonyl (C=O) groups excluding carboxylic acids is 1. The fourth-order valence-corrected chi connectivity index (χ4v) is 2.91. The van der Waals surface area contributed by atoms with Crippen LogP contribution < -0.4 is 15.1 Å². The molecular weight excluding hydrogens is 348 g/mol. The SMILES string of the molecule is COC(=O)C(C)Oc1ccc2oc(=O)c(-c3ccc(OC)cc3)c(C)c2c1. The molecule has 1 unspecified atom stereocenters. The van der Waals surface area contributed by atoms with E-state index >= 15 is 0 Å². The van der Waals surface area contributed by atoms with Crippen LogP contribution in [0.2, 0.25) is 0 Å². The molecule has 6 nitrogen and oxygen atoms in total. The molecule has 6 heteroatoms. The normalized spacial score (nSPS) is 11.9. The van der Waals surface area contributed by atoms with Crippen molar-refractivity contribution in [1.82, 2.24) is 0 Å². The first-order valence-corrected chi connectivity index (χ1v) is 8.41. The largest absolute Gasteiger partial charge is 0.497 e. The highest BCUT2D eigenvalue weighted by Gasteiger charge is 2.17. The second-order valence-electron chi connectivity index (χ2n) is 6.06. The Balaban J connectivity index is 2.07. The van der Waals surface area contributed by atoms with Gasteiger partial charge in [0.1, 0.15) is 17.1 Å². The minimum absolute atomic E-state index is 0.415. The molecule has 0 N–H and O–H groups in total. The lowest BCUT2D eigenvalue weighted by atomic mass is 9.99. The Morgan fingerprint density at radius 2 is 1.70 bits per heavy atom. The fourth-order valence-electron chi connectivity index (χ4n) is 2.91. The van der Waals surface area contributed by atoms with Crippen LogP contribution in [0.3, 0.4) is 0 Å². The van der Waals surface area contributed by atoms with Crippen LogP contribution in [-0.4, -0.2) is 26.3 Å². The summed E-state index contributed by atoms with van der Waals surface area (Å²) in [4.78, 5) is 24.1. The zero-order valence-electron chi connectivity index (χ0n) is 15.6. The van der Waals surface area contributed by atoms with Crippen LogP contribution in [0.4, 0.5) is 0 Å². The van der Waals surface area contributed by atoms with Crippen LogP contribution in [-0.2, 0) is 9.53 Å². The maximum Gasteiger partial charge on any atom is 0.346 e. The number of ether oxygens (including phenoxy) is 3. The van der Waals surface area contributed by atoms with Gasteiger partial charge in [0.05, 0.1) is 19.8 Å². The second-order valence-corrected chi connectivity index (χ2v) is 6.06. The lowest BCUT2D eigenvalue weighted by molar-refractivity contribution is -0.147. The minimum Gasteiger partial charge on any atom is -0.497 e. The number of methoxy groups -OCH3 is 2. The lowest BCUT2D eigenvalue weighted by Gasteiger charge is -2.14. The van der Waals surface area contributed by atoms with Crippen molar-refractivity contribution >= 4 is 16.9 Å². The van der Waals surface area contributed by atoms with Crippen LogP contribution in [0.15, 0.2) is 51.7 Å². The van der Waals surface area contributed by atoms with Gasteiger partial charge in [0.15, 0.2) is 6.10 Å². The molecule has 0 saturated heterocycles. The third-order valence-electron chi connectivity index (χ3n) is 4.36. The fraction of sp³-hybridized carbons (Fsp3) is 0.238. The Bertz CT molecular complexity index is 1030. The van der Waals surface area contributed by atoms with Gasteiger partial charge in [0, 0.05) is 5.39 Å². The Hall–Kier alpha value is -3.28. The van der Waals surface area contributed by atoms with E-state index in [9.17, 15) is 9.59 Å². The van der Waals surface area contributed by atoms with E-state index in [-0.39, 0.29) is 0 Å². The van der Waals surface area contributed by atoms with E-state index in [4.69, 9.17) is 13.9 Å². The topological polar surface area (TPSA) is 75.0 Å². The zero-order valence-corrected chi connectivity index (χ0v) is 15.6. The van der Waals surface area contributed by atoms with E-state index < -0.39 is 17.7 Å². The van der Waals surface area contributed by atoms with E-state index in [2.05, 4.69) is 4.74 Å². The number of carbonyl (C=O) groups is 1. The molecule has 140 valence electrons. The zero-order chi connectivity index (χ0) is 19.6. The molecule has 0 fully saturated rings. The van der Waals surface area contributed by atoms with Gasteiger partial charge in [-0.3, -0.25) is 0 Å². The summed E-state index contributed by atoms with van der Waals surface area (Å²) in [5, 5.41) is 0.731. The molecule has 3 rings (SSSR count). The number of esters is 1. The smallest absolute Gasteiger partial charge is 0.346 e. The number of hydrogen-bond donors (Lipinski definition) is 0. The summed E-state index contributed by atoms with van der Waals surface area (Å²) in [5.74, 6) is 0.720. The molecule has 27 heavy (non-hydrogen) atoms. The van der Waals surface area contributed by atoms with E-state index in [1.165, 1.54) is 7.11 Å². The maximum atomic E-state index is 12.5. The quantitative estimate of drug-likeness (QED) is 0.505. The molecule has 2 aromatic carbocycles. The first-order chi connectivity index (χ1) is 12.9. The molecule has 0 spiro atoms. The molecule has 0 bridgehead atoms. The highest BCUT2D eigenvalue weighted by atomic mass is 16.6. The predicted octanol–water partition coefficient (Wildman–Crippen LogP) is 3.72. The monoisotopic (exact) mass is 368 g/mol. The van der Waals surface area contributed by atoms with Crippen molar-refractivity contribution in [3.63, 3.8) is 0 Å².